The first kappa shape index (κ1) is 64.0. The predicted octanol–water partition coefficient (Wildman–Crippen LogP) is 6.11. The zero-order valence-corrected chi connectivity index (χ0v) is 43.1. The van der Waals surface area contributed by atoms with Gasteiger partial charge in [0.25, 0.3) is 0 Å². The number of rotatable bonds is 44. The monoisotopic (exact) mass is 994 g/mol. The minimum atomic E-state index is -1.85. The highest BCUT2D eigenvalue weighted by molar-refractivity contribution is 5.80. The van der Waals surface area contributed by atoms with E-state index >= 15 is 0 Å². The van der Waals surface area contributed by atoms with E-state index in [1.807, 2.05) is 0 Å². The lowest BCUT2D eigenvalue weighted by atomic mass is 9.97. The summed E-state index contributed by atoms with van der Waals surface area (Å²) in [5.74, 6) is -0.756. The van der Waals surface area contributed by atoms with Crippen LogP contribution in [0.1, 0.15) is 226 Å². The highest BCUT2D eigenvalue weighted by Crippen LogP contribution is 2.30. The maximum atomic E-state index is 13.3. The maximum absolute atomic E-state index is 13.3. The van der Waals surface area contributed by atoms with Crippen molar-refractivity contribution in [3.8, 4) is 0 Å². The first-order chi connectivity index (χ1) is 33.4. The van der Waals surface area contributed by atoms with Crippen LogP contribution < -0.4 is 5.32 Å². The van der Waals surface area contributed by atoms with Gasteiger partial charge < -0.3 is 75.3 Å². The third kappa shape index (κ3) is 26.6. The van der Waals surface area contributed by atoms with Crippen molar-refractivity contribution in [3.63, 3.8) is 0 Å². The van der Waals surface area contributed by atoms with E-state index in [2.05, 4.69) is 19.2 Å². The Hall–Kier alpha value is -1.09. The Morgan fingerprint density at radius 2 is 0.855 bits per heavy atom. The van der Waals surface area contributed by atoms with E-state index in [1.54, 1.807) is 0 Å². The van der Waals surface area contributed by atoms with Crippen molar-refractivity contribution in [1.29, 1.82) is 0 Å². The van der Waals surface area contributed by atoms with E-state index in [4.69, 9.17) is 18.9 Å². The zero-order chi connectivity index (χ0) is 50.7. The molecule has 0 bridgehead atoms. The maximum Gasteiger partial charge on any atom is 0.249 e. The van der Waals surface area contributed by atoms with Crippen LogP contribution in [0.25, 0.3) is 0 Å². The van der Waals surface area contributed by atoms with Gasteiger partial charge in [0.05, 0.1) is 32.0 Å². The molecular formula is C53H103NO15. The van der Waals surface area contributed by atoms with Gasteiger partial charge in [-0.05, 0) is 12.8 Å². The molecule has 0 unspecified atom stereocenters. The van der Waals surface area contributed by atoms with E-state index in [0.717, 1.165) is 44.9 Å². The summed E-state index contributed by atoms with van der Waals surface area (Å²) in [6, 6.07) is -1.27. The van der Waals surface area contributed by atoms with Crippen LogP contribution in [-0.2, 0) is 23.7 Å². The normalized spacial score (nSPS) is 27.0. The summed E-state index contributed by atoms with van der Waals surface area (Å²) in [5, 5.41) is 109. The van der Waals surface area contributed by atoms with Crippen molar-refractivity contribution < 1.29 is 74.8 Å². The SMILES string of the molecule is CCCCCCCCCCCCCCCCCCCCC[C@@H](O)C(=O)N[C@@H](CO[C@@H]1O[C@H](CO)[C@@H](O[C@@H]2O[C@H](CO)[C@H](O)[C@H](O)[C@H]2O)[C@H](O)[C@H]1O)[C@H](O)[C@H](O)CCCCCCCCCCCCCC. The van der Waals surface area contributed by atoms with Gasteiger partial charge in [-0.3, -0.25) is 4.79 Å². The highest BCUT2D eigenvalue weighted by Gasteiger charge is 2.51. The summed E-state index contributed by atoms with van der Waals surface area (Å²) in [6.07, 6.45) is 16.9. The van der Waals surface area contributed by atoms with Crippen LogP contribution in [0.15, 0.2) is 0 Å². The van der Waals surface area contributed by atoms with Crippen molar-refractivity contribution >= 4 is 5.91 Å². The van der Waals surface area contributed by atoms with Crippen LogP contribution in [0.5, 0.6) is 0 Å². The molecule has 69 heavy (non-hydrogen) atoms. The van der Waals surface area contributed by atoms with Crippen molar-refractivity contribution in [3.05, 3.63) is 0 Å². The summed E-state index contributed by atoms with van der Waals surface area (Å²) >= 11 is 0. The van der Waals surface area contributed by atoms with Gasteiger partial charge in [-0.15, -0.1) is 0 Å². The Bertz CT molecular complexity index is 1200. The molecule has 0 aromatic heterocycles. The molecule has 2 aliphatic heterocycles. The largest absolute Gasteiger partial charge is 0.394 e. The number of ether oxygens (including phenoxy) is 4. The van der Waals surface area contributed by atoms with E-state index in [1.165, 1.54) is 141 Å². The van der Waals surface area contributed by atoms with Gasteiger partial charge in [-0.1, -0.05) is 213 Å². The molecule has 1 amide bonds. The molecule has 2 aliphatic rings. The van der Waals surface area contributed by atoms with Crippen LogP contribution >= 0.6 is 0 Å². The average molecular weight is 994 g/mol. The van der Waals surface area contributed by atoms with Crippen LogP contribution in [0.3, 0.4) is 0 Å². The molecule has 2 rings (SSSR count). The molecule has 14 atom stereocenters. The standard InChI is InChI=1S/C53H103NO15/c1-3-5-7-9-11-13-15-17-18-19-20-21-22-23-25-27-29-31-33-35-41(58)51(65)54-39(44(59)40(57)34-32-30-28-26-24-16-14-12-10-8-6-4-2)38-66-52-49(64)47(62)50(43(37-56)68-52)69-53-48(63)46(61)45(60)42(36-55)67-53/h39-50,52-53,55-64H,3-38H2,1-2H3,(H,54,65)/t39-,40+,41+,42+,43+,44-,45-,46-,47+,48+,49+,50+,52+,53-/m0/s1. The van der Waals surface area contributed by atoms with E-state index in [-0.39, 0.29) is 12.8 Å². The summed E-state index contributed by atoms with van der Waals surface area (Å²) in [7, 11) is 0. The van der Waals surface area contributed by atoms with Crippen molar-refractivity contribution in [2.24, 2.45) is 0 Å². The molecule has 16 nitrogen and oxygen atoms in total. The second kappa shape index (κ2) is 40.3. The molecule has 0 spiro atoms. The second-order valence-electron chi connectivity index (χ2n) is 20.4. The van der Waals surface area contributed by atoms with E-state index in [9.17, 15) is 55.9 Å². The molecule has 2 fully saturated rings. The molecule has 0 aromatic carbocycles. The lowest BCUT2D eigenvalue weighted by molar-refractivity contribution is -0.359. The fourth-order valence-corrected chi connectivity index (χ4v) is 9.58. The number of aliphatic hydroxyl groups excluding tert-OH is 10. The van der Waals surface area contributed by atoms with E-state index in [0.29, 0.717) is 12.8 Å². The highest BCUT2D eigenvalue weighted by atomic mass is 16.7. The third-order valence-electron chi connectivity index (χ3n) is 14.3. The van der Waals surface area contributed by atoms with Gasteiger partial charge in [-0.2, -0.15) is 0 Å². The minimum Gasteiger partial charge on any atom is -0.394 e. The van der Waals surface area contributed by atoms with E-state index < -0.39 is 111 Å². The second-order valence-corrected chi connectivity index (χ2v) is 20.4. The number of amides is 1. The molecule has 2 heterocycles. The molecule has 11 N–H and O–H groups in total. The number of carbonyl (C=O) groups excluding carboxylic acids is 1. The Labute approximate surface area is 416 Å². The van der Waals surface area contributed by atoms with Crippen LogP contribution in [0, 0.1) is 0 Å². The summed E-state index contributed by atoms with van der Waals surface area (Å²) in [5.41, 5.74) is 0. The first-order valence-electron chi connectivity index (χ1n) is 28.0. The van der Waals surface area contributed by atoms with Crippen LogP contribution in [0.4, 0.5) is 0 Å². The average Bonchev–Trinajstić information content (AvgIpc) is 3.35. The third-order valence-corrected chi connectivity index (χ3v) is 14.3. The Morgan fingerprint density at radius 1 is 0.478 bits per heavy atom. The van der Waals surface area contributed by atoms with Gasteiger partial charge in [0.2, 0.25) is 5.91 Å². The number of hydrogen-bond donors (Lipinski definition) is 11. The first-order valence-corrected chi connectivity index (χ1v) is 28.0. The van der Waals surface area contributed by atoms with Gasteiger partial charge in [-0.25, -0.2) is 0 Å². The zero-order valence-electron chi connectivity index (χ0n) is 43.1. The van der Waals surface area contributed by atoms with Gasteiger partial charge in [0, 0.05) is 0 Å². The topological polar surface area (TPSA) is 268 Å². The Balaban J connectivity index is 1.84. The van der Waals surface area contributed by atoms with Gasteiger partial charge in [0.1, 0.15) is 61.0 Å². The Morgan fingerprint density at radius 3 is 1.28 bits per heavy atom. The summed E-state index contributed by atoms with van der Waals surface area (Å²) in [4.78, 5) is 13.3. The minimum absolute atomic E-state index is 0.209. The predicted molar refractivity (Wildman–Crippen MR) is 266 cm³/mol. The number of unbranched alkanes of at least 4 members (excludes halogenated alkanes) is 29. The lowest BCUT2D eigenvalue weighted by Crippen LogP contribution is -2.65. The fraction of sp³-hybridized carbons (Fsp3) is 0.981. The fourth-order valence-electron chi connectivity index (χ4n) is 9.58. The van der Waals surface area contributed by atoms with Gasteiger partial charge >= 0.3 is 0 Å². The summed E-state index contributed by atoms with van der Waals surface area (Å²) < 4.78 is 22.6. The number of nitrogens with one attached hydrogen (secondary N) is 1. The lowest BCUT2D eigenvalue weighted by Gasteiger charge is -2.46. The molecule has 0 saturated carbocycles. The van der Waals surface area contributed by atoms with Gasteiger partial charge in [0.15, 0.2) is 12.6 Å². The smallest absolute Gasteiger partial charge is 0.249 e. The molecule has 2 saturated heterocycles. The molecular weight excluding hydrogens is 891 g/mol. The quantitative estimate of drug-likeness (QED) is 0.0308. The Kier molecular flexibility index (Phi) is 37.4. The number of carbonyl (C=O) groups is 1. The number of hydrogen-bond acceptors (Lipinski definition) is 15. The van der Waals surface area contributed by atoms with Crippen LogP contribution in [-0.4, -0.2) is 163 Å². The van der Waals surface area contributed by atoms with Crippen molar-refractivity contribution in [2.75, 3.05) is 19.8 Å². The molecule has 410 valence electrons. The number of aliphatic hydroxyl groups is 10. The molecule has 0 aromatic rings. The van der Waals surface area contributed by atoms with Crippen LogP contribution in [0.2, 0.25) is 0 Å². The summed E-state index contributed by atoms with van der Waals surface area (Å²) in [6.45, 7) is 2.44. The van der Waals surface area contributed by atoms with Crippen molar-refractivity contribution in [2.45, 2.75) is 312 Å². The molecule has 16 heteroatoms. The van der Waals surface area contributed by atoms with Crippen molar-refractivity contribution in [1.82, 2.24) is 5.32 Å². The molecule has 0 radical (unpaired) electrons. The molecule has 0 aliphatic carbocycles.